The van der Waals surface area contributed by atoms with Gasteiger partial charge in [0.1, 0.15) is 6.42 Å². The molecule has 1 fully saturated rings. The standard InChI is InChI=1S/C17H16F3N5O/c18-17(19,20)8-13(26)25-7-1-2-10(9-25)15-14-11-3-5-22-16(11)24-23-12(14)4-6-21-15/h3-6,10,21H,1-2,7-9H2. The molecular formula is C17H16F3N5O. The number of halogens is 3. The molecule has 9 heteroatoms. The second-order valence-corrected chi connectivity index (χ2v) is 6.50. The molecular weight excluding hydrogens is 347 g/mol. The number of hydrogen-bond donors (Lipinski definition) is 1. The van der Waals surface area contributed by atoms with Gasteiger partial charge in [0.05, 0.1) is 5.52 Å². The highest BCUT2D eigenvalue weighted by Crippen LogP contribution is 2.33. The number of carbonyl (C=O) groups is 1. The molecule has 1 atom stereocenters. The molecule has 1 aliphatic rings. The van der Waals surface area contributed by atoms with Gasteiger partial charge in [-0.2, -0.15) is 13.2 Å². The number of amides is 1. The molecule has 0 bridgehead atoms. The van der Waals surface area contributed by atoms with E-state index >= 15 is 0 Å². The van der Waals surface area contributed by atoms with E-state index in [0.717, 1.165) is 22.9 Å². The number of alkyl halides is 3. The van der Waals surface area contributed by atoms with Crippen molar-refractivity contribution < 1.29 is 18.0 Å². The Labute approximate surface area is 146 Å². The van der Waals surface area contributed by atoms with Crippen molar-refractivity contribution in [2.45, 2.75) is 31.4 Å². The molecule has 1 aliphatic heterocycles. The Morgan fingerprint density at radius 1 is 1.31 bits per heavy atom. The first-order valence-electron chi connectivity index (χ1n) is 8.35. The Bertz CT molecular complexity index is 968. The van der Waals surface area contributed by atoms with Gasteiger partial charge in [0.15, 0.2) is 5.65 Å². The van der Waals surface area contributed by atoms with Crippen LogP contribution in [0.4, 0.5) is 13.2 Å². The van der Waals surface area contributed by atoms with Crippen LogP contribution in [0.5, 0.6) is 0 Å². The van der Waals surface area contributed by atoms with Crippen LogP contribution in [-0.2, 0) is 4.79 Å². The van der Waals surface area contributed by atoms with Gasteiger partial charge in [0.25, 0.3) is 0 Å². The number of hydrogen-bond acceptors (Lipinski definition) is 4. The largest absolute Gasteiger partial charge is 0.397 e. The Morgan fingerprint density at radius 2 is 2.15 bits per heavy atom. The molecule has 136 valence electrons. The summed E-state index contributed by atoms with van der Waals surface area (Å²) in [5.74, 6) is -0.964. The highest BCUT2D eigenvalue weighted by Gasteiger charge is 2.35. The van der Waals surface area contributed by atoms with Crippen LogP contribution < -0.4 is 0 Å². The number of aromatic amines is 1. The number of rotatable bonds is 2. The van der Waals surface area contributed by atoms with Gasteiger partial charge in [-0.05, 0) is 25.0 Å². The van der Waals surface area contributed by atoms with Gasteiger partial charge in [-0.25, -0.2) is 4.98 Å². The van der Waals surface area contributed by atoms with Gasteiger partial charge in [-0.1, -0.05) is 0 Å². The van der Waals surface area contributed by atoms with Gasteiger partial charge in [-0.3, -0.25) is 4.79 Å². The molecule has 6 nitrogen and oxygen atoms in total. The minimum absolute atomic E-state index is 0.0908. The van der Waals surface area contributed by atoms with E-state index in [1.165, 1.54) is 4.90 Å². The average Bonchev–Trinajstić information content (AvgIpc) is 3.09. The average molecular weight is 363 g/mol. The normalized spacial score (nSPS) is 18.6. The number of pyridine rings is 1. The summed E-state index contributed by atoms with van der Waals surface area (Å²) in [6.07, 6.45) is -1.08. The number of nitrogens with one attached hydrogen (secondary N) is 1. The van der Waals surface area contributed by atoms with Crippen LogP contribution in [0.25, 0.3) is 21.9 Å². The molecule has 1 N–H and O–H groups in total. The van der Waals surface area contributed by atoms with E-state index in [9.17, 15) is 18.0 Å². The van der Waals surface area contributed by atoms with E-state index in [1.807, 2.05) is 6.07 Å². The highest BCUT2D eigenvalue weighted by molar-refractivity contribution is 6.04. The maximum absolute atomic E-state index is 12.6. The van der Waals surface area contributed by atoms with Crippen LogP contribution >= 0.6 is 0 Å². The fourth-order valence-electron chi connectivity index (χ4n) is 3.62. The lowest BCUT2D eigenvalue weighted by Crippen LogP contribution is -2.41. The number of carbonyl (C=O) groups excluding carboxylic acids is 1. The monoisotopic (exact) mass is 363 g/mol. The van der Waals surface area contributed by atoms with Crippen molar-refractivity contribution >= 4 is 27.8 Å². The predicted octanol–water partition coefficient (Wildman–Crippen LogP) is 3.16. The summed E-state index contributed by atoms with van der Waals surface area (Å²) < 4.78 is 37.7. The third-order valence-corrected chi connectivity index (χ3v) is 4.74. The van der Waals surface area contributed by atoms with Gasteiger partial charge in [0.2, 0.25) is 5.91 Å². The van der Waals surface area contributed by atoms with Gasteiger partial charge in [-0.15, -0.1) is 10.2 Å². The third-order valence-electron chi connectivity index (χ3n) is 4.74. The molecule has 26 heavy (non-hydrogen) atoms. The molecule has 0 radical (unpaired) electrons. The summed E-state index contributed by atoms with van der Waals surface area (Å²) >= 11 is 0. The van der Waals surface area contributed by atoms with Crippen LogP contribution in [0, 0.1) is 0 Å². The fourth-order valence-corrected chi connectivity index (χ4v) is 3.62. The van der Waals surface area contributed by atoms with E-state index < -0.39 is 18.5 Å². The smallest absolute Gasteiger partial charge is 0.364 e. The van der Waals surface area contributed by atoms with E-state index in [-0.39, 0.29) is 12.5 Å². The van der Waals surface area contributed by atoms with Gasteiger partial charge < -0.3 is 9.88 Å². The Kier molecular flexibility index (Phi) is 4.01. The third kappa shape index (κ3) is 3.09. The number of aromatic nitrogens is 4. The molecule has 1 unspecified atom stereocenters. The summed E-state index contributed by atoms with van der Waals surface area (Å²) in [6, 6.07) is 3.65. The topological polar surface area (TPSA) is 74.8 Å². The molecule has 4 heterocycles. The maximum atomic E-state index is 12.6. The zero-order valence-corrected chi connectivity index (χ0v) is 13.8. The number of nitrogens with zero attached hydrogens (tertiary/aromatic N) is 4. The molecule has 0 saturated carbocycles. The second-order valence-electron chi connectivity index (χ2n) is 6.50. The first-order valence-corrected chi connectivity index (χ1v) is 8.35. The molecule has 1 saturated heterocycles. The predicted molar refractivity (Wildman–Crippen MR) is 88.4 cm³/mol. The first-order chi connectivity index (χ1) is 12.4. The summed E-state index contributed by atoms with van der Waals surface area (Å²) in [5.41, 5.74) is 2.08. The summed E-state index contributed by atoms with van der Waals surface area (Å²) in [5, 5.41) is 9.97. The van der Waals surface area contributed by atoms with Crippen LogP contribution in [0.2, 0.25) is 0 Å². The summed E-state index contributed by atoms with van der Waals surface area (Å²) in [7, 11) is 0. The molecule has 3 aromatic heterocycles. The van der Waals surface area contributed by atoms with Crippen LogP contribution in [-0.4, -0.2) is 50.2 Å². The maximum Gasteiger partial charge on any atom is 0.397 e. The van der Waals surface area contributed by atoms with Gasteiger partial charge in [0, 0.05) is 47.9 Å². The lowest BCUT2D eigenvalue weighted by atomic mass is 9.91. The second kappa shape index (κ2) is 6.22. The minimum atomic E-state index is -4.49. The zero-order chi connectivity index (χ0) is 18.3. The van der Waals surface area contributed by atoms with E-state index in [0.29, 0.717) is 24.1 Å². The SMILES string of the molecule is O=C(CC(F)(F)F)N1CCCC(c2[nH]ccc3nnc4nccc4c23)C1. The molecule has 0 aliphatic carbocycles. The molecule has 0 spiro atoms. The van der Waals surface area contributed by atoms with E-state index in [2.05, 4.69) is 20.2 Å². The Balaban J connectivity index is 1.69. The highest BCUT2D eigenvalue weighted by atomic mass is 19.4. The lowest BCUT2D eigenvalue weighted by molar-refractivity contribution is -0.162. The molecule has 1 amide bonds. The lowest BCUT2D eigenvalue weighted by Gasteiger charge is -2.33. The minimum Gasteiger partial charge on any atom is -0.364 e. The number of piperidine rings is 1. The van der Waals surface area contributed by atoms with Crippen molar-refractivity contribution in [1.29, 1.82) is 0 Å². The van der Waals surface area contributed by atoms with Crippen molar-refractivity contribution in [3.63, 3.8) is 0 Å². The number of H-pyrrole nitrogens is 1. The Morgan fingerprint density at radius 3 is 2.96 bits per heavy atom. The number of fused-ring (bicyclic) bond motifs is 3. The van der Waals surface area contributed by atoms with Gasteiger partial charge >= 0.3 is 6.18 Å². The van der Waals surface area contributed by atoms with Crippen molar-refractivity contribution in [2.24, 2.45) is 0 Å². The number of likely N-dealkylation sites (tertiary alicyclic amines) is 1. The van der Waals surface area contributed by atoms with Crippen molar-refractivity contribution in [2.75, 3.05) is 13.1 Å². The van der Waals surface area contributed by atoms with Crippen LogP contribution in [0.3, 0.4) is 0 Å². The first kappa shape index (κ1) is 16.7. The summed E-state index contributed by atoms with van der Waals surface area (Å²) in [4.78, 5) is 20.7. The van der Waals surface area contributed by atoms with Crippen molar-refractivity contribution in [3.05, 3.63) is 30.2 Å². The van der Waals surface area contributed by atoms with Crippen molar-refractivity contribution in [1.82, 2.24) is 25.1 Å². The summed E-state index contributed by atoms with van der Waals surface area (Å²) in [6.45, 7) is 0.603. The van der Waals surface area contributed by atoms with Crippen LogP contribution in [0.15, 0.2) is 24.5 Å². The zero-order valence-electron chi connectivity index (χ0n) is 13.8. The Hall–Kier alpha value is -2.71. The van der Waals surface area contributed by atoms with Crippen molar-refractivity contribution in [3.8, 4) is 0 Å². The fraction of sp³-hybridized carbons (Fsp3) is 0.412. The molecule has 0 aromatic carbocycles. The quantitative estimate of drug-likeness (QED) is 0.759. The van der Waals surface area contributed by atoms with E-state index in [1.54, 1.807) is 18.5 Å². The molecule has 4 rings (SSSR count). The van der Waals surface area contributed by atoms with Crippen LogP contribution in [0.1, 0.15) is 30.9 Å². The molecule has 3 aromatic rings. The van der Waals surface area contributed by atoms with E-state index in [4.69, 9.17) is 0 Å².